The van der Waals surface area contributed by atoms with Gasteiger partial charge in [-0.05, 0) is 20.2 Å². The Morgan fingerprint density at radius 1 is 1.50 bits per heavy atom. The topological polar surface area (TPSA) is 34.1 Å². The molecule has 0 radical (unpaired) electrons. The Hall–Kier alpha value is 0.0300. The fraction of sp³-hybridized carbons (Fsp3) is 0.167. The van der Waals surface area contributed by atoms with Gasteiger partial charge in [-0.3, -0.25) is 0 Å². The monoisotopic (exact) mass is 270 g/mol. The van der Waals surface area contributed by atoms with Crippen LogP contribution in [0.15, 0.2) is 21.1 Å². The van der Waals surface area contributed by atoms with E-state index in [1.165, 1.54) is 6.26 Å². The van der Waals surface area contributed by atoms with Gasteiger partial charge in [-0.1, -0.05) is 20.7 Å². The number of sulfone groups is 1. The second kappa shape index (κ2) is 2.96. The van der Waals surface area contributed by atoms with Crippen molar-refractivity contribution in [1.82, 2.24) is 0 Å². The summed E-state index contributed by atoms with van der Waals surface area (Å²) in [5, 5.41) is 0. The van der Waals surface area contributed by atoms with Crippen LogP contribution in [0.1, 0.15) is 0 Å². The predicted molar refractivity (Wildman–Crippen MR) is 52.2 cm³/mol. The summed E-state index contributed by atoms with van der Waals surface area (Å²) in [6.45, 7) is 0. The Labute approximate surface area is 70.3 Å². The van der Waals surface area contributed by atoms with Crippen LogP contribution in [0.25, 0.3) is 0 Å². The smallest absolute Gasteiger partial charge is 0.175 e. The van der Waals surface area contributed by atoms with Gasteiger partial charge in [0.2, 0.25) is 0 Å². The average Bonchev–Trinajstić information content (AvgIpc) is 1.88. The lowest BCUT2D eigenvalue weighted by atomic mass is 10.5. The molecule has 0 saturated carbocycles. The standard InChI is InChI=1S/C6H7IO2S/c1-10(8,9)6-2-4-7-5-3-6/h2-5H,1H3. The molecule has 0 aliphatic carbocycles. The zero-order chi connectivity index (χ0) is 7.61. The molecule has 0 aromatic rings. The van der Waals surface area contributed by atoms with Gasteiger partial charge in [0.05, 0.1) is 4.91 Å². The minimum atomic E-state index is -2.97. The molecule has 4 heteroatoms. The SMILES string of the molecule is CS(=O)(=O)C1=CC=IC=C1. The number of allylic oxidation sites excluding steroid dienone is 2. The van der Waals surface area contributed by atoms with Crippen LogP contribution in [-0.2, 0) is 9.84 Å². The van der Waals surface area contributed by atoms with Gasteiger partial charge in [-0.25, -0.2) is 8.42 Å². The molecule has 0 spiro atoms. The maximum atomic E-state index is 10.9. The van der Waals surface area contributed by atoms with Crippen molar-refractivity contribution in [2.45, 2.75) is 0 Å². The summed E-state index contributed by atoms with van der Waals surface area (Å²) in [5.41, 5.74) is 0. The molecule has 56 valence electrons. The molecule has 1 heterocycles. The predicted octanol–water partition coefficient (Wildman–Crippen LogP) is 1.22. The summed E-state index contributed by atoms with van der Waals surface area (Å²) in [5.74, 6) is 0. The molecule has 0 atom stereocenters. The number of hydrogen-bond donors (Lipinski definition) is 0. The summed E-state index contributed by atoms with van der Waals surface area (Å²) in [6.07, 6.45) is 4.59. The van der Waals surface area contributed by atoms with Crippen molar-refractivity contribution in [3.8, 4) is 0 Å². The van der Waals surface area contributed by atoms with E-state index in [9.17, 15) is 8.42 Å². The molecule has 2 nitrogen and oxygen atoms in total. The fourth-order valence-corrected chi connectivity index (χ4v) is 3.09. The van der Waals surface area contributed by atoms with E-state index >= 15 is 0 Å². The lowest BCUT2D eigenvalue weighted by molar-refractivity contribution is 0.608. The number of hydrogen-bond acceptors (Lipinski definition) is 2. The first-order valence-electron chi connectivity index (χ1n) is 2.63. The highest BCUT2D eigenvalue weighted by atomic mass is 127. The summed E-state index contributed by atoms with van der Waals surface area (Å²) < 4.78 is 25.6. The maximum Gasteiger partial charge on any atom is 0.175 e. The van der Waals surface area contributed by atoms with E-state index in [0.717, 1.165) is 0 Å². The van der Waals surface area contributed by atoms with E-state index in [4.69, 9.17) is 0 Å². The number of rotatable bonds is 1. The van der Waals surface area contributed by atoms with Crippen molar-refractivity contribution in [3.05, 3.63) is 21.1 Å². The van der Waals surface area contributed by atoms with Gasteiger partial charge >= 0.3 is 0 Å². The third kappa shape index (κ3) is 2.02. The Morgan fingerprint density at radius 3 is 2.50 bits per heavy atom. The van der Waals surface area contributed by atoms with Crippen LogP contribution >= 0.6 is 20.7 Å². The average molecular weight is 270 g/mol. The molecule has 0 N–H and O–H groups in total. The quantitative estimate of drug-likeness (QED) is 0.671. The third-order valence-electron chi connectivity index (χ3n) is 1.03. The van der Waals surface area contributed by atoms with Gasteiger partial charge in [0.25, 0.3) is 0 Å². The first kappa shape index (κ1) is 8.13. The van der Waals surface area contributed by atoms with E-state index in [-0.39, 0.29) is 20.7 Å². The first-order chi connectivity index (χ1) is 4.61. The van der Waals surface area contributed by atoms with Gasteiger partial charge in [0.15, 0.2) is 9.84 Å². The molecule has 1 aliphatic heterocycles. The van der Waals surface area contributed by atoms with Crippen molar-refractivity contribution < 1.29 is 8.42 Å². The van der Waals surface area contributed by atoms with Crippen LogP contribution in [0.2, 0.25) is 0 Å². The van der Waals surface area contributed by atoms with Crippen molar-refractivity contribution in [3.63, 3.8) is 0 Å². The molecule has 0 aromatic carbocycles. The van der Waals surface area contributed by atoms with Gasteiger partial charge in [0, 0.05) is 6.26 Å². The van der Waals surface area contributed by atoms with E-state index in [1.807, 2.05) is 8.09 Å². The van der Waals surface area contributed by atoms with E-state index in [0.29, 0.717) is 4.91 Å². The molecule has 0 saturated heterocycles. The van der Waals surface area contributed by atoms with Crippen molar-refractivity contribution in [2.75, 3.05) is 6.26 Å². The van der Waals surface area contributed by atoms with Gasteiger partial charge in [0.1, 0.15) is 0 Å². The van der Waals surface area contributed by atoms with Crippen LogP contribution < -0.4 is 0 Å². The second-order valence-electron chi connectivity index (χ2n) is 1.89. The normalized spacial score (nSPS) is 17.9. The molecule has 0 aromatic heterocycles. The summed E-state index contributed by atoms with van der Waals surface area (Å²) in [4.78, 5) is 0.429. The van der Waals surface area contributed by atoms with E-state index < -0.39 is 9.84 Å². The lowest BCUT2D eigenvalue weighted by Gasteiger charge is -1.97. The molecule has 0 amide bonds. The minimum absolute atomic E-state index is 0.00718. The summed E-state index contributed by atoms with van der Waals surface area (Å²) >= 11 is -0.00718. The first-order valence-corrected chi connectivity index (χ1v) is 7.01. The van der Waals surface area contributed by atoms with Crippen LogP contribution in [-0.4, -0.2) is 18.7 Å². The largest absolute Gasteiger partial charge is 0.224 e. The van der Waals surface area contributed by atoms with Crippen LogP contribution in [0.4, 0.5) is 0 Å². The zero-order valence-corrected chi connectivity index (χ0v) is 8.39. The van der Waals surface area contributed by atoms with Crippen molar-refractivity contribution >= 4 is 34.6 Å². The Morgan fingerprint density at radius 2 is 2.20 bits per heavy atom. The minimum Gasteiger partial charge on any atom is -0.224 e. The Kier molecular flexibility index (Phi) is 2.40. The molecule has 1 rings (SSSR count). The molecule has 0 unspecified atom stereocenters. The number of halogens is 1. The molecule has 0 fully saturated rings. The molecular weight excluding hydrogens is 263 g/mol. The maximum absolute atomic E-state index is 10.9. The molecule has 10 heavy (non-hydrogen) atoms. The van der Waals surface area contributed by atoms with Gasteiger partial charge in [-0.15, -0.1) is 0 Å². The third-order valence-corrected chi connectivity index (χ3v) is 3.71. The highest BCUT2D eigenvalue weighted by Crippen LogP contribution is 2.13. The van der Waals surface area contributed by atoms with Gasteiger partial charge in [-0.2, -0.15) is 0 Å². The second-order valence-corrected chi connectivity index (χ2v) is 6.06. The van der Waals surface area contributed by atoms with E-state index in [1.54, 1.807) is 12.2 Å². The Bertz CT molecular complexity index is 309. The van der Waals surface area contributed by atoms with Crippen LogP contribution in [0, 0.1) is 0 Å². The van der Waals surface area contributed by atoms with Crippen LogP contribution in [0.3, 0.4) is 0 Å². The molecule has 1 aliphatic rings. The zero-order valence-electron chi connectivity index (χ0n) is 5.41. The van der Waals surface area contributed by atoms with E-state index in [2.05, 4.69) is 0 Å². The highest BCUT2D eigenvalue weighted by Gasteiger charge is 2.06. The Balaban J connectivity index is 3.08. The van der Waals surface area contributed by atoms with Crippen molar-refractivity contribution in [2.24, 2.45) is 0 Å². The fourth-order valence-electron chi connectivity index (χ4n) is 0.542. The summed E-state index contributed by atoms with van der Waals surface area (Å²) in [6, 6.07) is 0. The van der Waals surface area contributed by atoms with Crippen molar-refractivity contribution in [1.29, 1.82) is 0 Å². The molecular formula is C6H7IO2S. The highest BCUT2D eigenvalue weighted by molar-refractivity contribution is 14.2. The lowest BCUT2D eigenvalue weighted by Crippen LogP contribution is -1.98. The van der Waals surface area contributed by atoms with Gasteiger partial charge < -0.3 is 0 Å². The van der Waals surface area contributed by atoms with Crippen LogP contribution in [0.5, 0.6) is 0 Å². The molecule has 0 bridgehead atoms. The summed E-state index contributed by atoms with van der Waals surface area (Å²) in [7, 11) is -2.97.